The number of hydrogen-bond acceptors (Lipinski definition) is 4. The van der Waals surface area contributed by atoms with Gasteiger partial charge in [0.05, 0.1) is 6.42 Å². The standard InChI is InChI=1S/C18H22BrNO4/c19-15-7-5-14(6-8-15)16(21)9-10-18(23)24-13-17(22)20-11-3-1-2-4-12-20/h5-8H,1-4,9-13H2. The van der Waals surface area contributed by atoms with Crippen LogP contribution < -0.4 is 0 Å². The number of ketones is 1. The number of carbonyl (C=O) groups is 3. The summed E-state index contributed by atoms with van der Waals surface area (Å²) < 4.78 is 5.91. The molecule has 0 aromatic heterocycles. The van der Waals surface area contributed by atoms with Crippen molar-refractivity contribution < 1.29 is 19.1 Å². The number of amides is 1. The van der Waals surface area contributed by atoms with E-state index in [1.807, 2.05) is 0 Å². The Morgan fingerprint density at radius 1 is 0.958 bits per heavy atom. The van der Waals surface area contributed by atoms with Crippen LogP contribution in [0.3, 0.4) is 0 Å². The highest BCUT2D eigenvalue weighted by Gasteiger charge is 2.17. The van der Waals surface area contributed by atoms with E-state index in [1.54, 1.807) is 29.2 Å². The average Bonchev–Trinajstić information content (AvgIpc) is 2.87. The molecule has 0 N–H and O–H groups in total. The number of ether oxygens (including phenoxy) is 1. The minimum atomic E-state index is -0.511. The van der Waals surface area contributed by atoms with E-state index in [-0.39, 0.29) is 31.1 Å². The molecule has 1 saturated heterocycles. The van der Waals surface area contributed by atoms with Crippen LogP contribution in [0.5, 0.6) is 0 Å². The van der Waals surface area contributed by atoms with Crippen LogP contribution in [0.15, 0.2) is 28.7 Å². The Hall–Kier alpha value is -1.69. The van der Waals surface area contributed by atoms with Crippen LogP contribution in [0, 0.1) is 0 Å². The summed E-state index contributed by atoms with van der Waals surface area (Å²) in [6.07, 6.45) is 4.35. The van der Waals surface area contributed by atoms with Crippen molar-refractivity contribution in [2.75, 3.05) is 19.7 Å². The summed E-state index contributed by atoms with van der Waals surface area (Å²) in [5.74, 6) is -0.772. The van der Waals surface area contributed by atoms with E-state index in [0.717, 1.165) is 43.2 Å². The monoisotopic (exact) mass is 395 g/mol. The molecule has 0 atom stereocenters. The van der Waals surface area contributed by atoms with E-state index in [0.29, 0.717) is 5.56 Å². The SMILES string of the molecule is O=C(CCC(=O)c1ccc(Br)cc1)OCC(=O)N1CCCCCC1. The van der Waals surface area contributed by atoms with Gasteiger partial charge in [-0.3, -0.25) is 14.4 Å². The van der Waals surface area contributed by atoms with E-state index < -0.39 is 5.97 Å². The normalized spacial score (nSPS) is 14.8. The van der Waals surface area contributed by atoms with Gasteiger partial charge in [-0.25, -0.2) is 0 Å². The molecule has 0 aliphatic carbocycles. The highest BCUT2D eigenvalue weighted by atomic mass is 79.9. The first-order valence-electron chi connectivity index (χ1n) is 8.28. The molecular formula is C18H22BrNO4. The maximum atomic E-state index is 12.0. The van der Waals surface area contributed by atoms with Crippen molar-refractivity contribution >= 4 is 33.6 Å². The van der Waals surface area contributed by atoms with Gasteiger partial charge in [0.25, 0.3) is 5.91 Å². The van der Waals surface area contributed by atoms with Gasteiger partial charge < -0.3 is 9.64 Å². The van der Waals surface area contributed by atoms with E-state index in [2.05, 4.69) is 15.9 Å². The Labute approximate surface area is 150 Å². The molecular weight excluding hydrogens is 374 g/mol. The van der Waals surface area contributed by atoms with Crippen LogP contribution in [-0.2, 0) is 14.3 Å². The quantitative estimate of drug-likeness (QED) is 0.547. The second kappa shape index (κ2) is 9.57. The van der Waals surface area contributed by atoms with Gasteiger partial charge in [0.2, 0.25) is 0 Å². The Balaban J connectivity index is 1.70. The number of rotatable bonds is 6. The molecule has 1 heterocycles. The zero-order chi connectivity index (χ0) is 17.4. The highest BCUT2D eigenvalue weighted by Crippen LogP contribution is 2.13. The summed E-state index contributed by atoms with van der Waals surface area (Å²) >= 11 is 3.31. The Kier molecular flexibility index (Phi) is 7.43. The lowest BCUT2D eigenvalue weighted by molar-refractivity contribution is -0.152. The molecule has 6 heteroatoms. The smallest absolute Gasteiger partial charge is 0.306 e. The third kappa shape index (κ3) is 6.07. The number of nitrogens with zero attached hydrogens (tertiary/aromatic N) is 1. The van der Waals surface area contributed by atoms with Gasteiger partial charge in [-0.15, -0.1) is 0 Å². The summed E-state index contributed by atoms with van der Waals surface area (Å²) in [7, 11) is 0. The van der Waals surface area contributed by atoms with Crippen LogP contribution in [-0.4, -0.2) is 42.3 Å². The first-order chi connectivity index (χ1) is 11.6. The lowest BCUT2D eigenvalue weighted by atomic mass is 10.1. The van der Waals surface area contributed by atoms with Crippen molar-refractivity contribution in [3.05, 3.63) is 34.3 Å². The average molecular weight is 396 g/mol. The fourth-order valence-electron chi connectivity index (χ4n) is 2.62. The topological polar surface area (TPSA) is 63.7 Å². The zero-order valence-corrected chi connectivity index (χ0v) is 15.2. The van der Waals surface area contributed by atoms with E-state index in [4.69, 9.17) is 4.74 Å². The minimum Gasteiger partial charge on any atom is -0.456 e. The highest BCUT2D eigenvalue weighted by molar-refractivity contribution is 9.10. The van der Waals surface area contributed by atoms with Crippen molar-refractivity contribution in [3.63, 3.8) is 0 Å². The molecule has 130 valence electrons. The first-order valence-corrected chi connectivity index (χ1v) is 9.08. The lowest BCUT2D eigenvalue weighted by Gasteiger charge is -2.19. The lowest BCUT2D eigenvalue weighted by Crippen LogP contribution is -2.35. The molecule has 0 bridgehead atoms. The van der Waals surface area contributed by atoms with Gasteiger partial charge in [0.1, 0.15) is 0 Å². The van der Waals surface area contributed by atoms with Gasteiger partial charge in [0.15, 0.2) is 12.4 Å². The minimum absolute atomic E-state index is 0.0117. The summed E-state index contributed by atoms with van der Waals surface area (Å²) in [5, 5.41) is 0. The second-order valence-corrected chi connectivity index (χ2v) is 6.80. The number of hydrogen-bond donors (Lipinski definition) is 0. The molecule has 0 saturated carbocycles. The Morgan fingerprint density at radius 3 is 2.21 bits per heavy atom. The van der Waals surface area contributed by atoms with Crippen LogP contribution in [0.1, 0.15) is 48.9 Å². The van der Waals surface area contributed by atoms with Crippen LogP contribution in [0.4, 0.5) is 0 Å². The molecule has 5 nitrogen and oxygen atoms in total. The predicted octanol–water partition coefficient (Wildman–Crippen LogP) is 3.36. The number of carbonyl (C=O) groups excluding carboxylic acids is 3. The van der Waals surface area contributed by atoms with Crippen molar-refractivity contribution in [2.24, 2.45) is 0 Å². The maximum Gasteiger partial charge on any atom is 0.306 e. The van der Waals surface area contributed by atoms with Crippen LogP contribution >= 0.6 is 15.9 Å². The molecule has 0 spiro atoms. The molecule has 1 aliphatic rings. The van der Waals surface area contributed by atoms with Gasteiger partial charge in [-0.1, -0.05) is 40.9 Å². The summed E-state index contributed by atoms with van der Waals surface area (Å²) in [5.41, 5.74) is 0.562. The summed E-state index contributed by atoms with van der Waals surface area (Å²) in [6, 6.07) is 6.98. The van der Waals surface area contributed by atoms with E-state index in [9.17, 15) is 14.4 Å². The molecule has 24 heavy (non-hydrogen) atoms. The molecule has 1 aliphatic heterocycles. The molecule has 2 rings (SSSR count). The van der Waals surface area contributed by atoms with Crippen molar-refractivity contribution in [2.45, 2.75) is 38.5 Å². The second-order valence-electron chi connectivity index (χ2n) is 5.89. The van der Waals surface area contributed by atoms with Crippen LogP contribution in [0.25, 0.3) is 0 Å². The van der Waals surface area contributed by atoms with Crippen molar-refractivity contribution in [1.82, 2.24) is 4.90 Å². The fourth-order valence-corrected chi connectivity index (χ4v) is 2.89. The van der Waals surface area contributed by atoms with Gasteiger partial charge in [-0.2, -0.15) is 0 Å². The Morgan fingerprint density at radius 2 is 1.58 bits per heavy atom. The van der Waals surface area contributed by atoms with Gasteiger partial charge in [0, 0.05) is 29.5 Å². The van der Waals surface area contributed by atoms with Gasteiger partial charge in [-0.05, 0) is 25.0 Å². The number of esters is 1. The molecule has 0 unspecified atom stereocenters. The summed E-state index contributed by atoms with van der Waals surface area (Å²) in [4.78, 5) is 37.5. The molecule has 1 fully saturated rings. The third-order valence-corrected chi connectivity index (χ3v) is 4.57. The van der Waals surface area contributed by atoms with Crippen molar-refractivity contribution in [3.8, 4) is 0 Å². The number of Topliss-reactive ketones (excluding diaryl/α,β-unsaturated/α-hetero) is 1. The Bertz CT molecular complexity index is 577. The largest absolute Gasteiger partial charge is 0.456 e. The number of likely N-dealkylation sites (tertiary alicyclic amines) is 1. The van der Waals surface area contributed by atoms with E-state index >= 15 is 0 Å². The number of benzene rings is 1. The van der Waals surface area contributed by atoms with Crippen LogP contribution in [0.2, 0.25) is 0 Å². The molecule has 1 aromatic rings. The maximum absolute atomic E-state index is 12.0. The molecule has 0 radical (unpaired) electrons. The molecule has 1 aromatic carbocycles. The third-order valence-electron chi connectivity index (χ3n) is 4.04. The predicted molar refractivity (Wildman–Crippen MR) is 93.7 cm³/mol. The van der Waals surface area contributed by atoms with E-state index in [1.165, 1.54) is 0 Å². The van der Waals surface area contributed by atoms with Crippen molar-refractivity contribution in [1.29, 1.82) is 0 Å². The zero-order valence-electron chi connectivity index (χ0n) is 13.6. The van der Waals surface area contributed by atoms with Gasteiger partial charge >= 0.3 is 5.97 Å². The first kappa shape index (κ1) is 18.6. The fraction of sp³-hybridized carbons (Fsp3) is 0.500. The summed E-state index contributed by atoms with van der Waals surface area (Å²) in [6.45, 7) is 1.24. The number of halogens is 1. The molecule has 1 amide bonds.